The molecule has 0 radical (unpaired) electrons. The molecule has 2 aromatic carbocycles. The zero-order valence-electron chi connectivity index (χ0n) is 16.5. The van der Waals surface area contributed by atoms with E-state index in [1.807, 2.05) is 48.5 Å². The molecule has 0 aliphatic rings. The number of aryl methyl sites for hydroxylation is 1. The molecule has 0 bridgehead atoms. The van der Waals surface area contributed by atoms with E-state index in [1.165, 1.54) is 11.6 Å². The minimum atomic E-state index is -0.694. The second-order valence-electron chi connectivity index (χ2n) is 6.42. The van der Waals surface area contributed by atoms with Crippen LogP contribution in [0.3, 0.4) is 0 Å². The third kappa shape index (κ3) is 8.93. The monoisotopic (exact) mass is 393 g/mol. The number of amides is 1. The normalized spacial score (nSPS) is 10.8. The van der Waals surface area contributed by atoms with Gasteiger partial charge in [-0.3, -0.25) is 5.32 Å². The highest BCUT2D eigenvalue weighted by atomic mass is 16.6. The molecule has 0 saturated carbocycles. The maximum atomic E-state index is 12.2. The Bertz CT molecular complexity index is 800. The highest BCUT2D eigenvalue weighted by Gasteiger charge is 2.14. The predicted octanol–water partition coefficient (Wildman–Crippen LogP) is 4.94. The molecule has 0 aliphatic carbocycles. The van der Waals surface area contributed by atoms with Gasteiger partial charge in [0.05, 0.1) is 0 Å². The maximum absolute atomic E-state index is 12.2. The number of esters is 1. The average Bonchev–Trinajstić information content (AvgIpc) is 2.76. The summed E-state index contributed by atoms with van der Waals surface area (Å²) < 4.78 is 10.2. The van der Waals surface area contributed by atoms with Crippen molar-refractivity contribution < 1.29 is 19.1 Å². The van der Waals surface area contributed by atoms with Crippen molar-refractivity contribution in [3.63, 3.8) is 0 Å². The fraction of sp³-hybridized carbons (Fsp3) is 0.250. The van der Waals surface area contributed by atoms with Crippen molar-refractivity contribution in [1.29, 1.82) is 0 Å². The molecule has 1 amide bonds. The SMILES string of the molecule is C=CCOC(=O)/C(=C/CCCCc1ccccc1)NC(=O)OCc1ccccc1. The van der Waals surface area contributed by atoms with Gasteiger partial charge < -0.3 is 9.47 Å². The van der Waals surface area contributed by atoms with E-state index in [0.29, 0.717) is 6.42 Å². The summed E-state index contributed by atoms with van der Waals surface area (Å²) in [6, 6.07) is 19.6. The first-order chi connectivity index (χ1) is 14.2. The fourth-order valence-electron chi connectivity index (χ4n) is 2.63. The average molecular weight is 393 g/mol. The highest BCUT2D eigenvalue weighted by Crippen LogP contribution is 2.08. The van der Waals surface area contributed by atoms with Crippen LogP contribution in [0.15, 0.2) is 85.1 Å². The van der Waals surface area contributed by atoms with Gasteiger partial charge in [-0.05, 0) is 36.8 Å². The lowest BCUT2D eigenvalue weighted by molar-refractivity contribution is -0.138. The number of alkyl carbamates (subject to hydrolysis) is 1. The molecule has 29 heavy (non-hydrogen) atoms. The quantitative estimate of drug-likeness (QED) is 0.254. The third-order valence-corrected chi connectivity index (χ3v) is 4.11. The Morgan fingerprint density at radius 1 is 0.897 bits per heavy atom. The molecule has 152 valence electrons. The summed E-state index contributed by atoms with van der Waals surface area (Å²) in [5, 5.41) is 2.50. The molecular weight excluding hydrogens is 366 g/mol. The highest BCUT2D eigenvalue weighted by molar-refractivity contribution is 5.92. The number of nitrogens with one attached hydrogen (secondary N) is 1. The number of hydrogen-bond acceptors (Lipinski definition) is 4. The van der Waals surface area contributed by atoms with Crippen LogP contribution in [0.1, 0.15) is 30.4 Å². The molecule has 0 heterocycles. The molecule has 0 spiro atoms. The first kappa shape index (κ1) is 22.0. The largest absolute Gasteiger partial charge is 0.457 e. The van der Waals surface area contributed by atoms with E-state index < -0.39 is 12.1 Å². The molecule has 2 aromatic rings. The summed E-state index contributed by atoms with van der Waals surface area (Å²) in [5.41, 5.74) is 2.23. The number of carbonyl (C=O) groups excluding carboxylic acids is 2. The molecule has 0 saturated heterocycles. The Kier molecular flexibility index (Phi) is 9.80. The van der Waals surface area contributed by atoms with Crippen molar-refractivity contribution in [2.24, 2.45) is 0 Å². The van der Waals surface area contributed by atoms with Crippen molar-refractivity contribution in [3.05, 3.63) is 96.2 Å². The van der Waals surface area contributed by atoms with E-state index >= 15 is 0 Å². The van der Waals surface area contributed by atoms with Gasteiger partial charge in [-0.25, -0.2) is 9.59 Å². The Hall–Kier alpha value is -3.34. The van der Waals surface area contributed by atoms with Gasteiger partial charge in [-0.1, -0.05) is 79.4 Å². The molecule has 1 N–H and O–H groups in total. The second-order valence-corrected chi connectivity index (χ2v) is 6.42. The first-order valence-electron chi connectivity index (χ1n) is 9.69. The predicted molar refractivity (Wildman–Crippen MR) is 113 cm³/mol. The molecule has 5 nitrogen and oxygen atoms in total. The number of hydrogen-bond donors (Lipinski definition) is 1. The van der Waals surface area contributed by atoms with E-state index in [2.05, 4.69) is 24.0 Å². The summed E-state index contributed by atoms with van der Waals surface area (Å²) in [6.07, 6.45) is 5.94. The summed E-state index contributed by atoms with van der Waals surface area (Å²) in [6.45, 7) is 3.72. The molecule has 0 fully saturated rings. The second kappa shape index (κ2) is 12.9. The van der Waals surface area contributed by atoms with Crippen LogP contribution >= 0.6 is 0 Å². The van der Waals surface area contributed by atoms with Gasteiger partial charge in [0.25, 0.3) is 0 Å². The smallest absolute Gasteiger partial charge is 0.412 e. The van der Waals surface area contributed by atoms with Crippen LogP contribution in [0, 0.1) is 0 Å². The van der Waals surface area contributed by atoms with Gasteiger partial charge in [0.1, 0.15) is 18.9 Å². The lowest BCUT2D eigenvalue weighted by Crippen LogP contribution is -2.29. The summed E-state index contributed by atoms with van der Waals surface area (Å²) in [4.78, 5) is 24.3. The van der Waals surface area contributed by atoms with Crippen LogP contribution < -0.4 is 5.32 Å². The lowest BCUT2D eigenvalue weighted by Gasteiger charge is -2.10. The van der Waals surface area contributed by atoms with Gasteiger partial charge in [0, 0.05) is 0 Å². The molecule has 2 rings (SSSR count). The molecule has 5 heteroatoms. The minimum Gasteiger partial charge on any atom is -0.457 e. The van der Waals surface area contributed by atoms with Crippen molar-refractivity contribution in [2.75, 3.05) is 6.61 Å². The first-order valence-corrected chi connectivity index (χ1v) is 9.69. The standard InChI is InChI=1S/C24H27NO4/c1-2-18-28-23(26)22(17-11-5-8-14-20-12-6-3-7-13-20)25-24(27)29-19-21-15-9-4-10-16-21/h2-4,6-7,9-10,12-13,15-17H,1,5,8,11,14,18-19H2,(H,25,27)/b22-17-. The van der Waals surface area contributed by atoms with E-state index in [4.69, 9.17) is 9.47 Å². The summed E-state index contributed by atoms with van der Waals surface area (Å²) in [7, 11) is 0. The van der Waals surface area contributed by atoms with E-state index in [1.54, 1.807) is 6.08 Å². The summed E-state index contributed by atoms with van der Waals surface area (Å²) >= 11 is 0. The van der Waals surface area contributed by atoms with Gasteiger partial charge in [0.2, 0.25) is 0 Å². The lowest BCUT2D eigenvalue weighted by atomic mass is 10.1. The number of rotatable bonds is 11. The van der Waals surface area contributed by atoms with Gasteiger partial charge in [-0.15, -0.1) is 0 Å². The maximum Gasteiger partial charge on any atom is 0.412 e. The van der Waals surface area contributed by atoms with Crippen LogP contribution in [0.5, 0.6) is 0 Å². The van der Waals surface area contributed by atoms with Gasteiger partial charge in [-0.2, -0.15) is 0 Å². The third-order valence-electron chi connectivity index (χ3n) is 4.11. The zero-order chi connectivity index (χ0) is 20.7. The Labute approximate surface area is 172 Å². The van der Waals surface area contributed by atoms with Crippen LogP contribution in [-0.2, 0) is 27.3 Å². The van der Waals surface area contributed by atoms with E-state index in [-0.39, 0.29) is 18.9 Å². The topological polar surface area (TPSA) is 64.6 Å². The Morgan fingerprint density at radius 2 is 1.55 bits per heavy atom. The van der Waals surface area contributed by atoms with Gasteiger partial charge >= 0.3 is 12.1 Å². The van der Waals surface area contributed by atoms with E-state index in [9.17, 15) is 9.59 Å². The molecule has 0 aliphatic heterocycles. The molecular formula is C24H27NO4. The van der Waals surface area contributed by atoms with E-state index in [0.717, 1.165) is 24.8 Å². The summed E-state index contributed by atoms with van der Waals surface area (Å²) in [5.74, 6) is -0.607. The number of ether oxygens (including phenoxy) is 2. The number of allylic oxidation sites excluding steroid dienone is 1. The molecule has 0 unspecified atom stereocenters. The Balaban J connectivity index is 1.84. The van der Waals surface area contributed by atoms with Crippen molar-refractivity contribution >= 4 is 12.1 Å². The van der Waals surface area contributed by atoms with Crippen LogP contribution in [0.25, 0.3) is 0 Å². The van der Waals surface area contributed by atoms with Crippen LogP contribution in [-0.4, -0.2) is 18.7 Å². The minimum absolute atomic E-state index is 0.0743. The number of unbranched alkanes of at least 4 members (excludes halogenated alkanes) is 2. The number of benzene rings is 2. The van der Waals surface area contributed by atoms with Crippen molar-refractivity contribution in [1.82, 2.24) is 5.32 Å². The fourth-order valence-corrected chi connectivity index (χ4v) is 2.63. The molecule has 0 atom stereocenters. The van der Waals surface area contributed by atoms with Crippen LogP contribution in [0.4, 0.5) is 4.79 Å². The van der Waals surface area contributed by atoms with Gasteiger partial charge in [0.15, 0.2) is 0 Å². The van der Waals surface area contributed by atoms with Crippen LogP contribution in [0.2, 0.25) is 0 Å². The Morgan fingerprint density at radius 3 is 2.21 bits per heavy atom. The number of carbonyl (C=O) groups is 2. The van der Waals surface area contributed by atoms with Crippen molar-refractivity contribution in [3.8, 4) is 0 Å². The zero-order valence-corrected chi connectivity index (χ0v) is 16.5. The molecule has 0 aromatic heterocycles. The van der Waals surface area contributed by atoms with Crippen molar-refractivity contribution in [2.45, 2.75) is 32.3 Å².